The molecular formula is C16H25NO3. The summed E-state index contributed by atoms with van der Waals surface area (Å²) in [4.78, 5) is 11.8. The number of nitrogens with one attached hydrogen (secondary N) is 1. The van der Waals surface area contributed by atoms with E-state index in [0.29, 0.717) is 5.92 Å². The number of para-hydroxylation sites is 1. The molecule has 4 nitrogen and oxygen atoms in total. The van der Waals surface area contributed by atoms with Crippen LogP contribution in [0.3, 0.4) is 0 Å². The number of hydrogen-bond acceptors (Lipinski definition) is 3. The van der Waals surface area contributed by atoms with Crippen molar-refractivity contribution in [1.29, 1.82) is 0 Å². The number of hydrogen-bond donors (Lipinski definition) is 2. The molecule has 1 atom stereocenters. The number of carbonyl (C=O) groups excluding carboxylic acids is 1. The van der Waals surface area contributed by atoms with Crippen LogP contribution < -0.4 is 10.1 Å². The van der Waals surface area contributed by atoms with Gasteiger partial charge in [0.2, 0.25) is 0 Å². The van der Waals surface area contributed by atoms with Gasteiger partial charge in [0.15, 0.2) is 6.61 Å². The Morgan fingerprint density at radius 3 is 2.45 bits per heavy atom. The minimum Gasteiger partial charge on any atom is -0.483 e. The molecule has 1 aromatic rings. The second-order valence-electron chi connectivity index (χ2n) is 5.58. The van der Waals surface area contributed by atoms with Crippen LogP contribution in [-0.2, 0) is 4.79 Å². The lowest BCUT2D eigenvalue weighted by molar-refractivity contribution is -0.124. The van der Waals surface area contributed by atoms with Gasteiger partial charge in [0.25, 0.3) is 5.91 Å². The molecular weight excluding hydrogens is 254 g/mol. The highest BCUT2D eigenvalue weighted by Gasteiger charge is 2.16. The van der Waals surface area contributed by atoms with Crippen LogP contribution in [0.4, 0.5) is 0 Å². The summed E-state index contributed by atoms with van der Waals surface area (Å²) in [6.45, 7) is 7.98. The van der Waals surface area contributed by atoms with Crippen molar-refractivity contribution in [3.8, 4) is 5.75 Å². The summed E-state index contributed by atoms with van der Waals surface area (Å²) >= 11 is 0. The summed E-state index contributed by atoms with van der Waals surface area (Å²) in [5.41, 5.74) is 1.09. The molecule has 0 heterocycles. The van der Waals surface area contributed by atoms with Crippen LogP contribution in [-0.4, -0.2) is 30.3 Å². The molecule has 0 aromatic heterocycles. The van der Waals surface area contributed by atoms with E-state index in [-0.39, 0.29) is 31.1 Å². The van der Waals surface area contributed by atoms with Gasteiger partial charge in [-0.1, -0.05) is 45.9 Å². The zero-order valence-corrected chi connectivity index (χ0v) is 12.7. The first-order valence-electron chi connectivity index (χ1n) is 7.07. The van der Waals surface area contributed by atoms with Crippen LogP contribution in [0, 0.1) is 5.92 Å². The second-order valence-corrected chi connectivity index (χ2v) is 5.58. The highest BCUT2D eigenvalue weighted by molar-refractivity contribution is 5.77. The second kappa shape index (κ2) is 7.90. The molecule has 0 unspecified atom stereocenters. The summed E-state index contributed by atoms with van der Waals surface area (Å²) in [6, 6.07) is 7.50. The zero-order valence-electron chi connectivity index (χ0n) is 12.7. The predicted molar refractivity (Wildman–Crippen MR) is 79.9 cm³/mol. The third-order valence-corrected chi connectivity index (χ3v) is 3.25. The molecule has 4 heteroatoms. The van der Waals surface area contributed by atoms with E-state index < -0.39 is 0 Å². The number of ether oxygens (including phenoxy) is 1. The number of amides is 1. The van der Waals surface area contributed by atoms with Crippen molar-refractivity contribution in [2.45, 2.75) is 39.7 Å². The molecule has 0 aliphatic carbocycles. The molecule has 112 valence electrons. The van der Waals surface area contributed by atoms with E-state index in [1.807, 2.05) is 38.1 Å². The molecule has 0 bridgehead atoms. The van der Waals surface area contributed by atoms with E-state index in [0.717, 1.165) is 11.3 Å². The van der Waals surface area contributed by atoms with Gasteiger partial charge < -0.3 is 15.2 Å². The summed E-state index contributed by atoms with van der Waals surface area (Å²) in [5, 5.41) is 12.0. The van der Waals surface area contributed by atoms with Crippen molar-refractivity contribution < 1.29 is 14.6 Å². The topological polar surface area (TPSA) is 58.6 Å². The van der Waals surface area contributed by atoms with Crippen molar-refractivity contribution in [2.24, 2.45) is 5.92 Å². The van der Waals surface area contributed by atoms with Crippen molar-refractivity contribution in [2.75, 3.05) is 13.2 Å². The molecule has 0 fully saturated rings. The van der Waals surface area contributed by atoms with Gasteiger partial charge in [-0.15, -0.1) is 0 Å². The lowest BCUT2D eigenvalue weighted by Crippen LogP contribution is -2.43. The van der Waals surface area contributed by atoms with Crippen molar-refractivity contribution in [3.63, 3.8) is 0 Å². The SMILES string of the molecule is CC(C)c1ccccc1OCC(=O)N[C@H](CO)C(C)C. The average molecular weight is 279 g/mol. The van der Waals surface area contributed by atoms with E-state index >= 15 is 0 Å². The largest absolute Gasteiger partial charge is 0.483 e. The molecule has 2 N–H and O–H groups in total. The summed E-state index contributed by atoms with van der Waals surface area (Å²) in [5.74, 6) is 1.06. The Hall–Kier alpha value is -1.55. The Morgan fingerprint density at radius 1 is 1.25 bits per heavy atom. The first-order chi connectivity index (χ1) is 9.45. The molecule has 0 saturated heterocycles. The summed E-state index contributed by atoms with van der Waals surface area (Å²) in [7, 11) is 0. The Bertz CT molecular complexity index is 429. The third kappa shape index (κ3) is 4.85. The molecule has 0 spiro atoms. The maximum atomic E-state index is 11.8. The lowest BCUT2D eigenvalue weighted by Gasteiger charge is -2.20. The van der Waals surface area contributed by atoms with Gasteiger partial charge in [-0.25, -0.2) is 0 Å². The van der Waals surface area contributed by atoms with Crippen molar-refractivity contribution in [1.82, 2.24) is 5.32 Å². The Labute approximate surface area is 121 Å². The number of rotatable bonds is 7. The highest BCUT2D eigenvalue weighted by Crippen LogP contribution is 2.25. The van der Waals surface area contributed by atoms with E-state index in [4.69, 9.17) is 4.74 Å². The first kappa shape index (κ1) is 16.5. The molecule has 0 radical (unpaired) electrons. The predicted octanol–water partition coefficient (Wildman–Crippen LogP) is 2.32. The van der Waals surface area contributed by atoms with Crippen molar-refractivity contribution >= 4 is 5.91 Å². The van der Waals surface area contributed by atoms with E-state index in [2.05, 4.69) is 19.2 Å². The smallest absolute Gasteiger partial charge is 0.258 e. The first-order valence-corrected chi connectivity index (χ1v) is 7.07. The average Bonchev–Trinajstić information content (AvgIpc) is 2.42. The van der Waals surface area contributed by atoms with Crippen LogP contribution >= 0.6 is 0 Å². The Morgan fingerprint density at radius 2 is 1.90 bits per heavy atom. The maximum Gasteiger partial charge on any atom is 0.258 e. The standard InChI is InChI=1S/C16H25NO3/c1-11(2)13-7-5-6-8-15(13)20-10-16(19)17-14(9-18)12(3)4/h5-8,11-12,14,18H,9-10H2,1-4H3,(H,17,19)/t14-/m1/s1. The minimum atomic E-state index is -0.230. The van der Waals surface area contributed by atoms with E-state index in [9.17, 15) is 9.90 Å². The normalized spacial score (nSPS) is 12.6. The minimum absolute atomic E-state index is 0.0348. The highest BCUT2D eigenvalue weighted by atomic mass is 16.5. The summed E-state index contributed by atoms with van der Waals surface area (Å²) < 4.78 is 5.59. The maximum absolute atomic E-state index is 11.8. The van der Waals surface area contributed by atoms with Gasteiger partial charge in [-0.3, -0.25) is 4.79 Å². The number of benzene rings is 1. The van der Waals surface area contributed by atoms with Crippen LogP contribution in [0.1, 0.15) is 39.2 Å². The molecule has 0 aliphatic heterocycles. The molecule has 0 saturated carbocycles. The zero-order chi connectivity index (χ0) is 15.1. The van der Waals surface area contributed by atoms with Crippen LogP contribution in [0.25, 0.3) is 0 Å². The fourth-order valence-corrected chi connectivity index (χ4v) is 1.90. The quantitative estimate of drug-likeness (QED) is 0.805. The van der Waals surface area contributed by atoms with E-state index in [1.54, 1.807) is 0 Å². The summed E-state index contributed by atoms with van der Waals surface area (Å²) in [6.07, 6.45) is 0. The van der Waals surface area contributed by atoms with Gasteiger partial charge in [-0.2, -0.15) is 0 Å². The Kier molecular flexibility index (Phi) is 6.52. The van der Waals surface area contributed by atoms with Gasteiger partial charge in [0, 0.05) is 0 Å². The fraction of sp³-hybridized carbons (Fsp3) is 0.562. The molecule has 1 aromatic carbocycles. The number of carbonyl (C=O) groups is 1. The molecule has 1 rings (SSSR count). The number of aliphatic hydroxyl groups is 1. The molecule has 1 amide bonds. The fourth-order valence-electron chi connectivity index (χ4n) is 1.90. The Balaban J connectivity index is 2.57. The van der Waals surface area contributed by atoms with Crippen LogP contribution in [0.2, 0.25) is 0 Å². The van der Waals surface area contributed by atoms with E-state index in [1.165, 1.54) is 0 Å². The van der Waals surface area contributed by atoms with Gasteiger partial charge in [0.05, 0.1) is 12.6 Å². The number of aliphatic hydroxyl groups excluding tert-OH is 1. The van der Waals surface area contributed by atoms with Gasteiger partial charge in [0.1, 0.15) is 5.75 Å². The van der Waals surface area contributed by atoms with Gasteiger partial charge in [-0.05, 0) is 23.5 Å². The third-order valence-electron chi connectivity index (χ3n) is 3.25. The van der Waals surface area contributed by atoms with Crippen LogP contribution in [0.15, 0.2) is 24.3 Å². The monoisotopic (exact) mass is 279 g/mol. The van der Waals surface area contributed by atoms with Crippen molar-refractivity contribution in [3.05, 3.63) is 29.8 Å². The van der Waals surface area contributed by atoms with Crippen LogP contribution in [0.5, 0.6) is 5.75 Å². The lowest BCUT2D eigenvalue weighted by atomic mass is 10.0. The molecule has 20 heavy (non-hydrogen) atoms. The molecule has 0 aliphatic rings. The van der Waals surface area contributed by atoms with Gasteiger partial charge >= 0.3 is 0 Å².